The Kier molecular flexibility index (Phi) is 3.60. The predicted octanol–water partition coefficient (Wildman–Crippen LogP) is 3.27. The van der Waals surface area contributed by atoms with Crippen LogP contribution in [0.4, 0.5) is 0 Å². The maximum absolute atomic E-state index is 11.3. The van der Waals surface area contributed by atoms with Crippen molar-refractivity contribution in [2.45, 2.75) is 26.7 Å². The van der Waals surface area contributed by atoms with Gasteiger partial charge in [0.05, 0.1) is 11.4 Å². The summed E-state index contributed by atoms with van der Waals surface area (Å²) in [7, 11) is 0. The first kappa shape index (κ1) is 13.2. The highest BCUT2D eigenvalue weighted by Crippen LogP contribution is 2.25. The molecule has 19 heavy (non-hydrogen) atoms. The second kappa shape index (κ2) is 5.18. The van der Waals surface area contributed by atoms with E-state index in [0.29, 0.717) is 17.3 Å². The van der Waals surface area contributed by atoms with E-state index < -0.39 is 5.97 Å². The molecule has 0 fully saturated rings. The van der Waals surface area contributed by atoms with Gasteiger partial charge in [-0.2, -0.15) is 0 Å². The third kappa shape index (κ3) is 2.62. The van der Waals surface area contributed by atoms with Crippen LogP contribution in [0.2, 0.25) is 0 Å². The van der Waals surface area contributed by atoms with Crippen molar-refractivity contribution >= 4 is 5.97 Å². The normalized spacial score (nSPS) is 10.7. The molecule has 0 aliphatic heterocycles. The first-order valence-corrected chi connectivity index (χ1v) is 6.16. The molecule has 2 aromatic rings. The zero-order valence-electron chi connectivity index (χ0n) is 11.2. The third-order valence-electron chi connectivity index (χ3n) is 3.10. The summed E-state index contributed by atoms with van der Waals surface area (Å²) in [4.78, 5) is 19.4. The quantitative estimate of drug-likeness (QED) is 0.915. The molecular formula is C15H16N2O2. The van der Waals surface area contributed by atoms with E-state index in [-0.39, 0.29) is 5.56 Å². The Labute approximate surface area is 112 Å². The number of aryl methyl sites for hydroxylation is 1. The SMILES string of the molecule is Cc1ncnc(-c2ccc(C(C)C)cc2)c1C(=O)O. The molecule has 1 aromatic carbocycles. The Balaban J connectivity index is 2.53. The topological polar surface area (TPSA) is 63.1 Å². The van der Waals surface area contributed by atoms with Crippen molar-refractivity contribution < 1.29 is 9.90 Å². The van der Waals surface area contributed by atoms with Gasteiger partial charge in [-0.3, -0.25) is 0 Å². The molecule has 0 atom stereocenters. The van der Waals surface area contributed by atoms with E-state index in [1.165, 1.54) is 11.9 Å². The van der Waals surface area contributed by atoms with E-state index in [4.69, 9.17) is 0 Å². The summed E-state index contributed by atoms with van der Waals surface area (Å²) in [6.07, 6.45) is 1.40. The highest BCUT2D eigenvalue weighted by Gasteiger charge is 2.16. The molecule has 0 amide bonds. The van der Waals surface area contributed by atoms with Gasteiger partial charge in [0, 0.05) is 5.56 Å². The summed E-state index contributed by atoms with van der Waals surface area (Å²) >= 11 is 0. The first-order valence-electron chi connectivity index (χ1n) is 6.16. The number of carboxylic acid groups (broad SMARTS) is 1. The number of benzene rings is 1. The molecule has 1 heterocycles. The number of nitrogens with zero attached hydrogens (tertiary/aromatic N) is 2. The third-order valence-corrected chi connectivity index (χ3v) is 3.10. The molecule has 1 N–H and O–H groups in total. The molecule has 0 saturated carbocycles. The molecule has 1 aromatic heterocycles. The summed E-state index contributed by atoms with van der Waals surface area (Å²) in [5.41, 5.74) is 3.12. The standard InChI is InChI=1S/C15H16N2O2/c1-9(2)11-4-6-12(7-5-11)14-13(15(18)19)10(3)16-8-17-14/h4-9H,1-3H3,(H,18,19). The van der Waals surface area contributed by atoms with Crippen molar-refractivity contribution in [3.05, 3.63) is 47.4 Å². The second-order valence-electron chi connectivity index (χ2n) is 4.76. The molecule has 98 valence electrons. The monoisotopic (exact) mass is 256 g/mol. The van der Waals surface area contributed by atoms with Gasteiger partial charge in [-0.1, -0.05) is 38.1 Å². The number of aromatic nitrogens is 2. The van der Waals surface area contributed by atoms with E-state index in [1.807, 2.05) is 24.3 Å². The molecular weight excluding hydrogens is 240 g/mol. The van der Waals surface area contributed by atoms with Crippen LogP contribution in [0, 0.1) is 6.92 Å². The van der Waals surface area contributed by atoms with Crippen molar-refractivity contribution in [1.82, 2.24) is 9.97 Å². The van der Waals surface area contributed by atoms with Gasteiger partial charge in [-0.05, 0) is 18.4 Å². The summed E-state index contributed by atoms with van der Waals surface area (Å²) in [6, 6.07) is 7.82. The maximum Gasteiger partial charge on any atom is 0.339 e. The molecule has 0 bridgehead atoms. The van der Waals surface area contributed by atoms with Crippen molar-refractivity contribution in [3.8, 4) is 11.3 Å². The highest BCUT2D eigenvalue weighted by molar-refractivity contribution is 5.95. The van der Waals surface area contributed by atoms with Gasteiger partial charge in [-0.25, -0.2) is 14.8 Å². The van der Waals surface area contributed by atoms with Crippen molar-refractivity contribution in [3.63, 3.8) is 0 Å². The fraction of sp³-hybridized carbons (Fsp3) is 0.267. The van der Waals surface area contributed by atoms with Crippen LogP contribution in [-0.2, 0) is 0 Å². The molecule has 0 unspecified atom stereocenters. The average molecular weight is 256 g/mol. The number of carbonyl (C=O) groups is 1. The Morgan fingerprint density at radius 3 is 2.32 bits per heavy atom. The summed E-state index contributed by atoms with van der Waals surface area (Å²) in [5.74, 6) is -0.554. The zero-order valence-corrected chi connectivity index (χ0v) is 11.2. The van der Waals surface area contributed by atoms with Crippen LogP contribution in [0.25, 0.3) is 11.3 Å². The minimum atomic E-state index is -0.999. The van der Waals surface area contributed by atoms with E-state index in [0.717, 1.165) is 5.56 Å². The van der Waals surface area contributed by atoms with Gasteiger partial charge in [0.2, 0.25) is 0 Å². The lowest BCUT2D eigenvalue weighted by Crippen LogP contribution is -2.06. The maximum atomic E-state index is 11.3. The summed E-state index contributed by atoms with van der Waals surface area (Å²) in [6.45, 7) is 5.91. The Bertz CT molecular complexity index is 604. The van der Waals surface area contributed by atoms with Crippen LogP contribution < -0.4 is 0 Å². The molecule has 0 aliphatic carbocycles. The van der Waals surface area contributed by atoms with E-state index in [2.05, 4.69) is 23.8 Å². The average Bonchev–Trinajstić information content (AvgIpc) is 2.38. The fourth-order valence-corrected chi connectivity index (χ4v) is 1.97. The van der Waals surface area contributed by atoms with Crippen LogP contribution in [0.3, 0.4) is 0 Å². The Hall–Kier alpha value is -2.23. The van der Waals surface area contributed by atoms with Crippen LogP contribution in [0.5, 0.6) is 0 Å². The second-order valence-corrected chi connectivity index (χ2v) is 4.76. The Morgan fingerprint density at radius 1 is 1.16 bits per heavy atom. The molecule has 0 saturated heterocycles. The van der Waals surface area contributed by atoms with Gasteiger partial charge in [0.15, 0.2) is 0 Å². The Morgan fingerprint density at radius 2 is 1.79 bits per heavy atom. The largest absolute Gasteiger partial charge is 0.478 e. The van der Waals surface area contributed by atoms with Crippen LogP contribution in [-0.4, -0.2) is 21.0 Å². The lowest BCUT2D eigenvalue weighted by atomic mass is 9.99. The fourth-order valence-electron chi connectivity index (χ4n) is 1.97. The molecule has 4 heteroatoms. The van der Waals surface area contributed by atoms with E-state index in [9.17, 15) is 9.90 Å². The molecule has 0 spiro atoms. The molecule has 2 rings (SSSR count). The minimum absolute atomic E-state index is 0.166. The van der Waals surface area contributed by atoms with Crippen LogP contribution >= 0.6 is 0 Å². The lowest BCUT2D eigenvalue weighted by molar-refractivity contribution is 0.0696. The van der Waals surface area contributed by atoms with E-state index in [1.54, 1.807) is 6.92 Å². The minimum Gasteiger partial charge on any atom is -0.478 e. The highest BCUT2D eigenvalue weighted by atomic mass is 16.4. The predicted molar refractivity (Wildman–Crippen MR) is 73.3 cm³/mol. The first-order chi connectivity index (χ1) is 9.00. The lowest BCUT2D eigenvalue weighted by Gasteiger charge is -2.09. The van der Waals surface area contributed by atoms with Crippen LogP contribution in [0.1, 0.15) is 41.4 Å². The number of carboxylic acids is 1. The smallest absolute Gasteiger partial charge is 0.339 e. The van der Waals surface area contributed by atoms with Gasteiger partial charge in [-0.15, -0.1) is 0 Å². The van der Waals surface area contributed by atoms with Gasteiger partial charge in [0.25, 0.3) is 0 Å². The van der Waals surface area contributed by atoms with Gasteiger partial charge < -0.3 is 5.11 Å². The summed E-state index contributed by atoms with van der Waals surface area (Å²) < 4.78 is 0. The number of hydrogen-bond acceptors (Lipinski definition) is 3. The number of rotatable bonds is 3. The van der Waals surface area contributed by atoms with Crippen molar-refractivity contribution in [1.29, 1.82) is 0 Å². The van der Waals surface area contributed by atoms with Crippen molar-refractivity contribution in [2.75, 3.05) is 0 Å². The molecule has 0 aliphatic rings. The number of hydrogen-bond donors (Lipinski definition) is 1. The van der Waals surface area contributed by atoms with Crippen molar-refractivity contribution in [2.24, 2.45) is 0 Å². The summed E-state index contributed by atoms with van der Waals surface area (Å²) in [5, 5.41) is 9.27. The van der Waals surface area contributed by atoms with Gasteiger partial charge in [0.1, 0.15) is 11.9 Å². The van der Waals surface area contributed by atoms with Gasteiger partial charge >= 0.3 is 5.97 Å². The zero-order chi connectivity index (χ0) is 14.0. The van der Waals surface area contributed by atoms with E-state index >= 15 is 0 Å². The molecule has 4 nitrogen and oxygen atoms in total. The van der Waals surface area contributed by atoms with Crippen LogP contribution in [0.15, 0.2) is 30.6 Å². The number of aromatic carboxylic acids is 1. The molecule has 0 radical (unpaired) electrons.